The smallest absolute Gasteiger partial charge is 0.407 e. The molecule has 33 heavy (non-hydrogen) atoms. The Morgan fingerprint density at radius 1 is 1.15 bits per heavy atom. The van der Waals surface area contributed by atoms with Crippen LogP contribution in [0.2, 0.25) is 0 Å². The van der Waals surface area contributed by atoms with E-state index in [2.05, 4.69) is 26.8 Å². The summed E-state index contributed by atoms with van der Waals surface area (Å²) in [6.45, 7) is 11.2. The third-order valence-electron chi connectivity index (χ3n) is 8.13. The number of furan rings is 1. The Morgan fingerprint density at radius 2 is 1.85 bits per heavy atom. The first-order valence-corrected chi connectivity index (χ1v) is 12.1. The highest BCUT2D eigenvalue weighted by Crippen LogP contribution is 2.61. The summed E-state index contributed by atoms with van der Waals surface area (Å²) in [6.07, 6.45) is 5.56. The molecule has 1 aliphatic heterocycles. The zero-order valence-corrected chi connectivity index (χ0v) is 20.4. The van der Waals surface area contributed by atoms with Crippen LogP contribution in [0.15, 0.2) is 16.5 Å². The van der Waals surface area contributed by atoms with Crippen LogP contribution in [0.25, 0.3) is 11.1 Å². The molecule has 0 unspecified atom stereocenters. The van der Waals surface area contributed by atoms with Crippen molar-refractivity contribution in [3.8, 4) is 0 Å². The lowest BCUT2D eigenvalue weighted by atomic mass is 9.51. The van der Waals surface area contributed by atoms with E-state index in [4.69, 9.17) is 9.40 Å². The van der Waals surface area contributed by atoms with E-state index in [-0.39, 0.29) is 23.6 Å². The van der Waals surface area contributed by atoms with Crippen LogP contribution >= 0.6 is 0 Å². The second kappa shape index (κ2) is 7.21. The van der Waals surface area contributed by atoms with Gasteiger partial charge in [-0.3, -0.25) is 4.79 Å². The third-order valence-corrected chi connectivity index (χ3v) is 8.13. The summed E-state index contributed by atoms with van der Waals surface area (Å²) in [5.41, 5.74) is 3.46. The van der Waals surface area contributed by atoms with Crippen LogP contribution in [-0.2, 0) is 5.41 Å². The van der Waals surface area contributed by atoms with Crippen molar-refractivity contribution < 1.29 is 19.1 Å². The van der Waals surface area contributed by atoms with Gasteiger partial charge in [0.25, 0.3) is 5.91 Å². The Labute approximate surface area is 195 Å². The van der Waals surface area contributed by atoms with Crippen molar-refractivity contribution in [3.63, 3.8) is 0 Å². The average molecular weight is 454 g/mol. The fraction of sp³-hybridized carbons (Fsp3) is 0.654. The van der Waals surface area contributed by atoms with Gasteiger partial charge in [0.2, 0.25) is 0 Å². The highest BCUT2D eigenvalue weighted by atomic mass is 16.4. The maximum Gasteiger partial charge on any atom is 0.407 e. The lowest BCUT2D eigenvalue weighted by molar-refractivity contribution is 0.00766. The standard InChI is InChI=1S/C26H35N3O4/c1-24(2,3)17-11-18(16-13-26(14-16)7-6-8-26)27-19-12-20(33-21(17)19)22(30)29-10-9-28(23(31)32)15-25(29,4)5/h11-12,16H,6-10,13-15H2,1-5H3,(H,31,32). The Kier molecular flexibility index (Phi) is 4.86. The van der Waals surface area contributed by atoms with Crippen molar-refractivity contribution in [2.75, 3.05) is 19.6 Å². The normalized spacial score (nSPS) is 22.3. The molecule has 2 amide bonds. The van der Waals surface area contributed by atoms with E-state index in [0.717, 1.165) is 16.8 Å². The van der Waals surface area contributed by atoms with E-state index >= 15 is 0 Å². The lowest BCUT2D eigenvalue weighted by Gasteiger charge is -2.54. The predicted octanol–water partition coefficient (Wildman–Crippen LogP) is 5.39. The van der Waals surface area contributed by atoms with Crippen molar-refractivity contribution >= 4 is 23.1 Å². The van der Waals surface area contributed by atoms with Crippen LogP contribution in [0.3, 0.4) is 0 Å². The highest BCUT2D eigenvalue weighted by molar-refractivity contribution is 5.96. The number of carbonyl (C=O) groups excluding carboxylic acids is 1. The van der Waals surface area contributed by atoms with E-state index < -0.39 is 11.6 Å². The second-order valence-corrected chi connectivity index (χ2v) is 12.1. The van der Waals surface area contributed by atoms with Crippen LogP contribution in [0, 0.1) is 5.41 Å². The Bertz CT molecular complexity index is 1110. The molecule has 7 nitrogen and oxygen atoms in total. The molecule has 3 aliphatic rings. The third kappa shape index (κ3) is 3.69. The van der Waals surface area contributed by atoms with E-state index in [1.54, 1.807) is 11.0 Å². The first kappa shape index (κ1) is 22.2. The van der Waals surface area contributed by atoms with Crippen molar-refractivity contribution in [1.82, 2.24) is 14.8 Å². The minimum absolute atomic E-state index is 0.140. The molecule has 2 aliphatic carbocycles. The first-order valence-electron chi connectivity index (χ1n) is 12.1. The summed E-state index contributed by atoms with van der Waals surface area (Å²) in [4.78, 5) is 32.9. The molecule has 2 aromatic rings. The average Bonchev–Trinajstić information content (AvgIpc) is 3.07. The van der Waals surface area contributed by atoms with E-state index in [9.17, 15) is 14.7 Å². The van der Waals surface area contributed by atoms with Gasteiger partial charge in [-0.15, -0.1) is 0 Å². The van der Waals surface area contributed by atoms with Crippen LogP contribution < -0.4 is 0 Å². The maximum atomic E-state index is 13.5. The summed E-state index contributed by atoms with van der Waals surface area (Å²) >= 11 is 0. The molecule has 5 rings (SSSR count). The number of carbonyl (C=O) groups is 2. The zero-order valence-electron chi connectivity index (χ0n) is 20.4. The fourth-order valence-corrected chi connectivity index (χ4v) is 6.02. The fourth-order valence-electron chi connectivity index (χ4n) is 6.02. The van der Waals surface area contributed by atoms with Crippen molar-refractivity contribution in [2.24, 2.45) is 5.41 Å². The van der Waals surface area contributed by atoms with E-state index in [1.165, 1.54) is 37.0 Å². The Morgan fingerprint density at radius 3 is 2.39 bits per heavy atom. The van der Waals surface area contributed by atoms with Crippen LogP contribution in [0.1, 0.15) is 94.5 Å². The summed E-state index contributed by atoms with van der Waals surface area (Å²) in [7, 11) is 0. The molecular weight excluding hydrogens is 418 g/mol. The number of rotatable bonds is 2. The number of aromatic nitrogens is 1. The molecule has 0 radical (unpaired) electrons. The topological polar surface area (TPSA) is 86.9 Å². The molecular formula is C26H35N3O4. The number of carboxylic acid groups (broad SMARTS) is 1. The maximum absolute atomic E-state index is 13.5. The lowest BCUT2D eigenvalue weighted by Crippen LogP contribution is -2.61. The summed E-state index contributed by atoms with van der Waals surface area (Å²) in [6, 6.07) is 3.99. The number of fused-ring (bicyclic) bond motifs is 1. The number of hydrogen-bond acceptors (Lipinski definition) is 4. The van der Waals surface area contributed by atoms with Gasteiger partial charge in [-0.2, -0.15) is 0 Å². The molecule has 2 aromatic heterocycles. The van der Waals surface area contributed by atoms with Crippen molar-refractivity contribution in [3.05, 3.63) is 29.2 Å². The quantitative estimate of drug-likeness (QED) is 0.659. The van der Waals surface area contributed by atoms with Crippen LogP contribution in [-0.4, -0.2) is 57.1 Å². The highest BCUT2D eigenvalue weighted by Gasteiger charge is 2.49. The van der Waals surface area contributed by atoms with Crippen LogP contribution in [0.4, 0.5) is 4.79 Å². The molecule has 178 valence electrons. The van der Waals surface area contributed by atoms with Crippen molar-refractivity contribution in [1.29, 1.82) is 0 Å². The monoisotopic (exact) mass is 453 g/mol. The van der Waals surface area contributed by atoms with Gasteiger partial charge < -0.3 is 19.3 Å². The molecule has 3 heterocycles. The first-order chi connectivity index (χ1) is 15.4. The van der Waals surface area contributed by atoms with Gasteiger partial charge in [-0.1, -0.05) is 27.2 Å². The molecule has 0 atom stereocenters. The number of amides is 2. The number of pyridine rings is 1. The second-order valence-electron chi connectivity index (χ2n) is 12.1. The SMILES string of the molecule is CC(C)(C)c1cc(C2CC3(CCC3)C2)nc2cc(C(=O)N3CCN(C(=O)O)CC3(C)C)oc12. The van der Waals surface area contributed by atoms with Gasteiger partial charge >= 0.3 is 6.09 Å². The molecule has 1 saturated heterocycles. The number of piperazine rings is 1. The van der Waals surface area contributed by atoms with E-state index in [0.29, 0.717) is 30.0 Å². The van der Waals surface area contributed by atoms with E-state index in [1.807, 2.05) is 13.8 Å². The summed E-state index contributed by atoms with van der Waals surface area (Å²) in [5.74, 6) is 0.565. The molecule has 3 fully saturated rings. The summed E-state index contributed by atoms with van der Waals surface area (Å²) < 4.78 is 6.18. The predicted molar refractivity (Wildman–Crippen MR) is 126 cm³/mol. The van der Waals surface area contributed by atoms with Crippen molar-refractivity contribution in [2.45, 2.75) is 83.6 Å². The number of nitrogens with zero attached hydrogens (tertiary/aromatic N) is 3. The molecule has 1 N–H and O–H groups in total. The molecule has 0 aromatic carbocycles. The van der Waals surface area contributed by atoms with Gasteiger partial charge in [0.15, 0.2) is 11.3 Å². The molecule has 0 bridgehead atoms. The zero-order chi connectivity index (χ0) is 23.8. The van der Waals surface area contributed by atoms with Gasteiger partial charge in [-0.05, 0) is 56.4 Å². The minimum atomic E-state index is -0.954. The van der Waals surface area contributed by atoms with Gasteiger partial charge in [0, 0.05) is 42.9 Å². The van der Waals surface area contributed by atoms with Gasteiger partial charge in [0.1, 0.15) is 5.52 Å². The number of hydrogen-bond donors (Lipinski definition) is 1. The largest absolute Gasteiger partial charge is 0.465 e. The Hall–Kier alpha value is -2.57. The Balaban J connectivity index is 1.47. The molecule has 1 spiro atoms. The van der Waals surface area contributed by atoms with Crippen LogP contribution in [0.5, 0.6) is 0 Å². The van der Waals surface area contributed by atoms with Gasteiger partial charge in [0.05, 0.1) is 5.54 Å². The summed E-state index contributed by atoms with van der Waals surface area (Å²) in [5, 5.41) is 9.36. The van der Waals surface area contributed by atoms with Gasteiger partial charge in [-0.25, -0.2) is 9.78 Å². The molecule has 7 heteroatoms. The molecule has 2 saturated carbocycles. The minimum Gasteiger partial charge on any atom is -0.465 e.